The summed E-state index contributed by atoms with van der Waals surface area (Å²) >= 11 is 2.82. The number of hydrogen-bond donors (Lipinski definition) is 2. The summed E-state index contributed by atoms with van der Waals surface area (Å²) in [6.07, 6.45) is 5.70. The Morgan fingerprint density at radius 2 is 1.94 bits per heavy atom. The maximum Gasteiger partial charge on any atom is 0.254 e. The van der Waals surface area contributed by atoms with Crippen LogP contribution in [0.4, 0.5) is 5.00 Å². The molecule has 0 spiro atoms. The van der Waals surface area contributed by atoms with Crippen LogP contribution in [0.1, 0.15) is 44.9 Å². The first kappa shape index (κ1) is 21.5. The van der Waals surface area contributed by atoms with Gasteiger partial charge < -0.3 is 10.6 Å². The fourth-order valence-corrected chi connectivity index (χ4v) is 5.53. The highest BCUT2D eigenvalue weighted by atomic mass is 32.2. The van der Waals surface area contributed by atoms with E-state index in [4.69, 9.17) is 0 Å². The second-order valence-electron chi connectivity index (χ2n) is 7.40. The Labute approximate surface area is 189 Å². The summed E-state index contributed by atoms with van der Waals surface area (Å²) in [5.41, 5.74) is 3.62. The van der Waals surface area contributed by atoms with E-state index in [1.807, 2.05) is 43.3 Å². The normalized spacial score (nSPS) is 12.8. The van der Waals surface area contributed by atoms with Crippen LogP contribution in [0.15, 0.2) is 47.8 Å². The van der Waals surface area contributed by atoms with Gasteiger partial charge in [0.2, 0.25) is 5.91 Å². The molecule has 3 aromatic rings. The Kier molecular flexibility index (Phi) is 6.99. The van der Waals surface area contributed by atoms with Gasteiger partial charge in [-0.25, -0.2) is 9.97 Å². The van der Waals surface area contributed by atoms with Gasteiger partial charge in [0.25, 0.3) is 5.91 Å². The minimum Gasteiger partial charge on any atom is -0.348 e. The van der Waals surface area contributed by atoms with E-state index in [2.05, 4.69) is 20.6 Å². The van der Waals surface area contributed by atoms with Gasteiger partial charge in [-0.2, -0.15) is 0 Å². The van der Waals surface area contributed by atoms with Crippen molar-refractivity contribution in [1.82, 2.24) is 15.3 Å². The molecule has 0 saturated carbocycles. The molecule has 2 heterocycles. The molecule has 0 radical (unpaired) electrons. The highest BCUT2D eigenvalue weighted by Crippen LogP contribution is 2.38. The number of fused-ring (bicyclic) bond motifs is 1. The monoisotopic (exact) mass is 452 g/mol. The van der Waals surface area contributed by atoms with Crippen molar-refractivity contribution >= 4 is 39.9 Å². The van der Waals surface area contributed by atoms with Crippen LogP contribution in [0.2, 0.25) is 0 Å². The molecule has 160 valence electrons. The number of hydrogen-bond acceptors (Lipinski definition) is 6. The van der Waals surface area contributed by atoms with Crippen molar-refractivity contribution in [3.05, 3.63) is 69.9 Å². The van der Waals surface area contributed by atoms with Gasteiger partial charge in [-0.1, -0.05) is 42.1 Å². The zero-order chi connectivity index (χ0) is 21.6. The average Bonchev–Trinajstić information content (AvgIpc) is 3.14. The Morgan fingerprint density at radius 1 is 1.13 bits per heavy atom. The van der Waals surface area contributed by atoms with E-state index < -0.39 is 0 Å². The van der Waals surface area contributed by atoms with E-state index in [0.29, 0.717) is 22.3 Å². The Bertz CT molecular complexity index is 1080. The smallest absolute Gasteiger partial charge is 0.254 e. The lowest BCUT2D eigenvalue weighted by molar-refractivity contribution is -0.113. The molecular formula is C23H24N4O2S2. The number of aromatic nitrogens is 2. The van der Waals surface area contributed by atoms with Gasteiger partial charge in [0, 0.05) is 23.3 Å². The van der Waals surface area contributed by atoms with Gasteiger partial charge in [-0.15, -0.1) is 11.3 Å². The standard InChI is InChI=1S/C23H24N4O2S2/c1-15-11-12-24-23(26-15)30-14-19(28)27-22-20(17-9-5-6-10-18(17)31-22)21(29)25-13-16-7-3-2-4-8-16/h2-4,7-8,11-12H,5-6,9-10,13-14H2,1H3,(H,25,29)(H,27,28). The quantitative estimate of drug-likeness (QED) is 0.410. The Hall–Kier alpha value is -2.71. The predicted molar refractivity (Wildman–Crippen MR) is 125 cm³/mol. The van der Waals surface area contributed by atoms with Crippen LogP contribution >= 0.6 is 23.1 Å². The molecule has 0 atom stereocenters. The summed E-state index contributed by atoms with van der Waals surface area (Å²) in [4.78, 5) is 35.4. The van der Waals surface area contributed by atoms with Crippen LogP contribution in [-0.2, 0) is 24.2 Å². The van der Waals surface area contributed by atoms with Crippen LogP contribution < -0.4 is 10.6 Å². The van der Waals surface area contributed by atoms with E-state index in [-0.39, 0.29) is 17.6 Å². The van der Waals surface area contributed by atoms with Gasteiger partial charge in [0.05, 0.1) is 11.3 Å². The van der Waals surface area contributed by atoms with Crippen LogP contribution in [0.5, 0.6) is 0 Å². The average molecular weight is 453 g/mol. The molecule has 0 bridgehead atoms. The number of amides is 2. The zero-order valence-electron chi connectivity index (χ0n) is 17.3. The molecule has 0 fully saturated rings. The Balaban J connectivity index is 1.47. The summed E-state index contributed by atoms with van der Waals surface area (Å²) in [6.45, 7) is 2.35. The molecular weight excluding hydrogens is 428 g/mol. The second kappa shape index (κ2) is 10.1. The lowest BCUT2D eigenvalue weighted by Crippen LogP contribution is -2.25. The summed E-state index contributed by atoms with van der Waals surface area (Å²) in [6, 6.07) is 11.6. The van der Waals surface area contributed by atoms with Crippen molar-refractivity contribution in [2.45, 2.75) is 44.3 Å². The molecule has 0 unspecified atom stereocenters. The lowest BCUT2D eigenvalue weighted by Gasteiger charge is -2.13. The highest BCUT2D eigenvalue weighted by Gasteiger charge is 2.26. The van der Waals surface area contributed by atoms with Crippen LogP contribution in [-0.4, -0.2) is 27.5 Å². The number of thiophene rings is 1. The first-order valence-corrected chi connectivity index (χ1v) is 12.1. The molecule has 1 aliphatic rings. The topological polar surface area (TPSA) is 84.0 Å². The van der Waals surface area contributed by atoms with Crippen LogP contribution in [0.3, 0.4) is 0 Å². The van der Waals surface area contributed by atoms with Crippen molar-refractivity contribution in [2.24, 2.45) is 0 Å². The maximum absolute atomic E-state index is 13.1. The molecule has 2 amide bonds. The third-order valence-corrected chi connectivity index (χ3v) is 7.12. The van der Waals surface area contributed by atoms with Crippen molar-refractivity contribution in [3.63, 3.8) is 0 Å². The summed E-state index contributed by atoms with van der Waals surface area (Å²) in [5, 5.41) is 7.21. The van der Waals surface area contributed by atoms with Crippen molar-refractivity contribution < 1.29 is 9.59 Å². The number of aryl methyl sites for hydroxylation is 2. The number of nitrogens with zero attached hydrogens (tertiary/aromatic N) is 2. The van der Waals surface area contributed by atoms with E-state index >= 15 is 0 Å². The van der Waals surface area contributed by atoms with E-state index in [1.165, 1.54) is 28.0 Å². The molecule has 0 aliphatic heterocycles. The number of carbonyl (C=O) groups excluding carboxylic acids is 2. The number of nitrogens with one attached hydrogen (secondary N) is 2. The number of benzene rings is 1. The maximum atomic E-state index is 13.1. The molecule has 2 aromatic heterocycles. The third kappa shape index (κ3) is 5.51. The highest BCUT2D eigenvalue weighted by molar-refractivity contribution is 7.99. The molecule has 4 rings (SSSR count). The fourth-order valence-electron chi connectivity index (χ4n) is 3.55. The van der Waals surface area contributed by atoms with Gasteiger partial charge in [0.1, 0.15) is 5.00 Å². The molecule has 6 nitrogen and oxygen atoms in total. The molecule has 1 aliphatic carbocycles. The number of thioether (sulfide) groups is 1. The van der Waals surface area contributed by atoms with E-state index in [0.717, 1.165) is 42.5 Å². The molecule has 8 heteroatoms. The summed E-state index contributed by atoms with van der Waals surface area (Å²) < 4.78 is 0. The third-order valence-electron chi connectivity index (χ3n) is 5.05. The fraction of sp³-hybridized carbons (Fsp3) is 0.304. The van der Waals surface area contributed by atoms with Gasteiger partial charge in [-0.3, -0.25) is 9.59 Å². The van der Waals surface area contributed by atoms with Gasteiger partial charge >= 0.3 is 0 Å². The largest absolute Gasteiger partial charge is 0.348 e. The van der Waals surface area contributed by atoms with Gasteiger partial charge in [0.15, 0.2) is 5.16 Å². The zero-order valence-corrected chi connectivity index (χ0v) is 18.9. The Morgan fingerprint density at radius 3 is 2.74 bits per heavy atom. The number of anilines is 1. The SMILES string of the molecule is Cc1ccnc(SCC(=O)Nc2sc3c(c2C(=O)NCc2ccccc2)CCCC3)n1. The molecule has 0 saturated heterocycles. The van der Waals surface area contributed by atoms with E-state index in [1.54, 1.807) is 6.20 Å². The van der Waals surface area contributed by atoms with Crippen molar-refractivity contribution in [3.8, 4) is 0 Å². The van der Waals surface area contributed by atoms with Crippen molar-refractivity contribution in [2.75, 3.05) is 11.1 Å². The summed E-state index contributed by atoms with van der Waals surface area (Å²) in [7, 11) is 0. The molecule has 31 heavy (non-hydrogen) atoms. The minimum absolute atomic E-state index is 0.131. The van der Waals surface area contributed by atoms with Crippen LogP contribution in [0, 0.1) is 6.92 Å². The lowest BCUT2D eigenvalue weighted by atomic mass is 9.95. The molecule has 2 N–H and O–H groups in total. The number of carbonyl (C=O) groups is 2. The van der Waals surface area contributed by atoms with Gasteiger partial charge in [-0.05, 0) is 49.8 Å². The molecule has 1 aromatic carbocycles. The van der Waals surface area contributed by atoms with E-state index in [9.17, 15) is 9.59 Å². The predicted octanol–water partition coefficient (Wildman–Crippen LogP) is 4.39. The van der Waals surface area contributed by atoms with Crippen LogP contribution in [0.25, 0.3) is 0 Å². The van der Waals surface area contributed by atoms with Crippen molar-refractivity contribution in [1.29, 1.82) is 0 Å². The number of rotatable bonds is 7. The summed E-state index contributed by atoms with van der Waals surface area (Å²) in [5.74, 6) is -0.101. The second-order valence-corrected chi connectivity index (χ2v) is 9.45. The first-order valence-electron chi connectivity index (χ1n) is 10.3. The first-order chi connectivity index (χ1) is 15.1. The minimum atomic E-state index is -0.161.